The molecule has 1 saturated heterocycles. The molecule has 1 aromatic carbocycles. The van der Waals surface area contributed by atoms with Crippen molar-refractivity contribution in [3.63, 3.8) is 0 Å². The highest BCUT2D eigenvalue weighted by molar-refractivity contribution is 5.93. The third kappa shape index (κ3) is 3.34. The maximum absolute atomic E-state index is 12.0. The summed E-state index contributed by atoms with van der Waals surface area (Å²) < 4.78 is 10.0. The molecule has 0 radical (unpaired) electrons. The Labute approximate surface area is 116 Å². The van der Waals surface area contributed by atoms with Crippen LogP contribution in [0.25, 0.3) is 0 Å². The standard InChI is InChI=1S/C14H15NO5/c1-10(16)20-12-6-3-2-5-11(12)14(18)19-9-15-8-4-7-13(15)17/h2-3,5-6H,4,7-9H2,1H3. The first kappa shape index (κ1) is 14.0. The predicted molar refractivity (Wildman–Crippen MR) is 69.0 cm³/mol. The highest BCUT2D eigenvalue weighted by atomic mass is 16.6. The number of benzene rings is 1. The van der Waals surface area contributed by atoms with Gasteiger partial charge in [-0.2, -0.15) is 0 Å². The fraction of sp³-hybridized carbons (Fsp3) is 0.357. The van der Waals surface area contributed by atoms with Gasteiger partial charge < -0.3 is 14.4 Å². The topological polar surface area (TPSA) is 72.9 Å². The molecule has 0 spiro atoms. The van der Waals surface area contributed by atoms with Gasteiger partial charge in [0.15, 0.2) is 6.73 Å². The number of likely N-dealkylation sites (tertiary alicyclic amines) is 1. The minimum absolute atomic E-state index is 0.0222. The van der Waals surface area contributed by atoms with Crippen LogP contribution >= 0.6 is 0 Å². The Morgan fingerprint density at radius 2 is 2.05 bits per heavy atom. The summed E-state index contributed by atoms with van der Waals surface area (Å²) in [7, 11) is 0. The summed E-state index contributed by atoms with van der Waals surface area (Å²) in [5.41, 5.74) is 0.161. The number of nitrogens with zero attached hydrogens (tertiary/aromatic N) is 1. The molecule has 20 heavy (non-hydrogen) atoms. The lowest BCUT2D eigenvalue weighted by atomic mass is 10.2. The lowest BCUT2D eigenvalue weighted by Crippen LogP contribution is -2.29. The summed E-state index contributed by atoms with van der Waals surface area (Å²) >= 11 is 0. The maximum Gasteiger partial charge on any atom is 0.343 e. The molecule has 0 saturated carbocycles. The van der Waals surface area contributed by atoms with Crippen LogP contribution in [0.5, 0.6) is 5.75 Å². The molecule has 1 aliphatic rings. The van der Waals surface area contributed by atoms with E-state index in [4.69, 9.17) is 9.47 Å². The van der Waals surface area contributed by atoms with Crippen LogP contribution in [0.3, 0.4) is 0 Å². The molecule has 0 unspecified atom stereocenters. The summed E-state index contributed by atoms with van der Waals surface area (Å²) in [4.78, 5) is 35.8. The first-order valence-electron chi connectivity index (χ1n) is 6.30. The molecule has 0 aliphatic carbocycles. The largest absolute Gasteiger partial charge is 0.440 e. The van der Waals surface area contributed by atoms with Crippen molar-refractivity contribution in [1.29, 1.82) is 0 Å². The molecule has 6 nitrogen and oxygen atoms in total. The molecular formula is C14H15NO5. The van der Waals surface area contributed by atoms with Crippen LogP contribution in [0.15, 0.2) is 24.3 Å². The van der Waals surface area contributed by atoms with Gasteiger partial charge in [0.2, 0.25) is 5.91 Å². The highest BCUT2D eigenvalue weighted by Gasteiger charge is 2.22. The van der Waals surface area contributed by atoms with Crippen molar-refractivity contribution in [3.05, 3.63) is 29.8 Å². The summed E-state index contributed by atoms with van der Waals surface area (Å²) in [6.45, 7) is 1.77. The Morgan fingerprint density at radius 3 is 2.70 bits per heavy atom. The van der Waals surface area contributed by atoms with E-state index in [-0.39, 0.29) is 24.0 Å². The SMILES string of the molecule is CC(=O)Oc1ccccc1C(=O)OCN1CCCC1=O. The first-order chi connectivity index (χ1) is 9.58. The number of esters is 2. The molecule has 0 bridgehead atoms. The van der Waals surface area contributed by atoms with Gasteiger partial charge in [0, 0.05) is 19.9 Å². The highest BCUT2D eigenvalue weighted by Crippen LogP contribution is 2.19. The van der Waals surface area contributed by atoms with E-state index < -0.39 is 11.9 Å². The Hall–Kier alpha value is -2.37. The van der Waals surface area contributed by atoms with Gasteiger partial charge in [0.1, 0.15) is 11.3 Å². The van der Waals surface area contributed by atoms with Crippen molar-refractivity contribution in [1.82, 2.24) is 4.90 Å². The number of para-hydroxylation sites is 1. The average molecular weight is 277 g/mol. The number of ether oxygens (including phenoxy) is 2. The lowest BCUT2D eigenvalue weighted by Gasteiger charge is -2.16. The van der Waals surface area contributed by atoms with Crippen LogP contribution in [0.1, 0.15) is 30.1 Å². The van der Waals surface area contributed by atoms with Crippen molar-refractivity contribution in [3.8, 4) is 5.75 Å². The van der Waals surface area contributed by atoms with Gasteiger partial charge in [0.05, 0.1) is 0 Å². The van der Waals surface area contributed by atoms with Crippen LogP contribution in [0.4, 0.5) is 0 Å². The fourth-order valence-corrected chi connectivity index (χ4v) is 1.93. The maximum atomic E-state index is 12.0. The monoisotopic (exact) mass is 277 g/mol. The third-order valence-corrected chi connectivity index (χ3v) is 2.88. The van der Waals surface area contributed by atoms with E-state index in [0.29, 0.717) is 13.0 Å². The second-order valence-electron chi connectivity index (χ2n) is 4.41. The predicted octanol–water partition coefficient (Wildman–Crippen LogP) is 1.35. The zero-order valence-electron chi connectivity index (χ0n) is 11.1. The van der Waals surface area contributed by atoms with Gasteiger partial charge >= 0.3 is 11.9 Å². The molecule has 1 heterocycles. The van der Waals surface area contributed by atoms with Crippen LogP contribution in [0.2, 0.25) is 0 Å². The number of hydrogen-bond donors (Lipinski definition) is 0. The van der Waals surface area contributed by atoms with Crippen molar-refractivity contribution >= 4 is 17.8 Å². The summed E-state index contributed by atoms with van der Waals surface area (Å²) in [5, 5.41) is 0. The normalized spacial score (nSPS) is 14.2. The zero-order chi connectivity index (χ0) is 14.5. The van der Waals surface area contributed by atoms with Crippen LogP contribution in [-0.2, 0) is 14.3 Å². The van der Waals surface area contributed by atoms with E-state index in [1.165, 1.54) is 24.0 Å². The second-order valence-corrected chi connectivity index (χ2v) is 4.41. The molecule has 106 valence electrons. The zero-order valence-corrected chi connectivity index (χ0v) is 11.1. The van der Waals surface area contributed by atoms with Crippen molar-refractivity contribution in [2.75, 3.05) is 13.3 Å². The molecule has 6 heteroatoms. The second kappa shape index (κ2) is 6.18. The Bertz CT molecular complexity index is 540. The number of amides is 1. The van der Waals surface area contributed by atoms with E-state index in [0.717, 1.165) is 6.42 Å². The van der Waals surface area contributed by atoms with Gasteiger partial charge in [-0.15, -0.1) is 0 Å². The lowest BCUT2D eigenvalue weighted by molar-refractivity contribution is -0.132. The minimum atomic E-state index is -0.624. The molecule has 0 atom stereocenters. The van der Waals surface area contributed by atoms with Gasteiger partial charge in [0.25, 0.3) is 0 Å². The Kier molecular flexibility index (Phi) is 4.34. The summed E-state index contributed by atoms with van der Waals surface area (Å²) in [5.74, 6) is -1.01. The molecular weight excluding hydrogens is 262 g/mol. The van der Waals surface area contributed by atoms with Crippen LogP contribution in [-0.4, -0.2) is 36.0 Å². The number of carbonyl (C=O) groups excluding carboxylic acids is 3. The fourth-order valence-electron chi connectivity index (χ4n) is 1.93. The number of rotatable bonds is 4. The smallest absolute Gasteiger partial charge is 0.343 e. The number of hydrogen-bond acceptors (Lipinski definition) is 5. The van der Waals surface area contributed by atoms with E-state index in [1.807, 2.05) is 0 Å². The summed E-state index contributed by atoms with van der Waals surface area (Å²) in [6, 6.07) is 6.31. The van der Waals surface area contributed by atoms with Gasteiger partial charge in [-0.25, -0.2) is 4.79 Å². The minimum Gasteiger partial charge on any atom is -0.440 e. The quantitative estimate of drug-likeness (QED) is 0.613. The van der Waals surface area contributed by atoms with E-state index >= 15 is 0 Å². The third-order valence-electron chi connectivity index (χ3n) is 2.88. The molecule has 2 rings (SSSR count). The van der Waals surface area contributed by atoms with Gasteiger partial charge in [-0.1, -0.05) is 12.1 Å². The van der Waals surface area contributed by atoms with Gasteiger partial charge in [-0.3, -0.25) is 9.59 Å². The Balaban J connectivity index is 2.01. The summed E-state index contributed by atoms with van der Waals surface area (Å²) in [6.07, 6.45) is 1.27. The molecule has 1 fully saturated rings. The van der Waals surface area contributed by atoms with Crippen molar-refractivity contribution < 1.29 is 23.9 Å². The van der Waals surface area contributed by atoms with Crippen molar-refractivity contribution in [2.45, 2.75) is 19.8 Å². The average Bonchev–Trinajstić information content (AvgIpc) is 2.81. The first-order valence-corrected chi connectivity index (χ1v) is 6.30. The molecule has 0 N–H and O–H groups in total. The van der Waals surface area contributed by atoms with E-state index in [2.05, 4.69) is 0 Å². The van der Waals surface area contributed by atoms with Gasteiger partial charge in [-0.05, 0) is 18.6 Å². The molecule has 1 aliphatic heterocycles. The van der Waals surface area contributed by atoms with Crippen molar-refractivity contribution in [2.24, 2.45) is 0 Å². The van der Waals surface area contributed by atoms with Crippen LogP contribution < -0.4 is 4.74 Å². The van der Waals surface area contributed by atoms with Crippen LogP contribution in [0, 0.1) is 0 Å². The Morgan fingerprint density at radius 1 is 1.30 bits per heavy atom. The molecule has 0 aromatic heterocycles. The molecule has 1 aromatic rings. The molecule has 1 amide bonds. The van der Waals surface area contributed by atoms with E-state index in [9.17, 15) is 14.4 Å². The number of carbonyl (C=O) groups is 3. The van der Waals surface area contributed by atoms with E-state index in [1.54, 1.807) is 12.1 Å².